The van der Waals surface area contributed by atoms with E-state index in [1.54, 1.807) is 0 Å². The second-order valence-corrected chi connectivity index (χ2v) is 20.8. The molecule has 0 amide bonds. The highest BCUT2D eigenvalue weighted by atomic mass is 16.8. The Morgan fingerprint density at radius 2 is 1.03 bits per heavy atom. The lowest BCUT2D eigenvalue weighted by molar-refractivity contribution is -0.400. The van der Waals surface area contributed by atoms with Crippen molar-refractivity contribution in [2.45, 2.75) is 200 Å². The predicted molar refractivity (Wildman–Crippen MR) is 219 cm³/mol. The van der Waals surface area contributed by atoms with E-state index in [4.69, 9.17) is 37.9 Å². The van der Waals surface area contributed by atoms with E-state index >= 15 is 0 Å². The number of carbonyl (C=O) groups is 1. The number of ether oxygens (including phenoxy) is 8. The van der Waals surface area contributed by atoms with Gasteiger partial charge in [-0.2, -0.15) is 0 Å². The lowest BCUT2D eigenvalue weighted by Crippen LogP contribution is -2.68. The number of hydrogen-bond acceptors (Lipinski definition) is 23. The molecule has 4 saturated heterocycles. The molecule has 4 aliphatic carbocycles. The second-order valence-electron chi connectivity index (χ2n) is 20.8. The van der Waals surface area contributed by atoms with E-state index in [1.807, 2.05) is 6.92 Å². The number of rotatable bonds is 12. The van der Waals surface area contributed by atoms with Crippen LogP contribution in [0.5, 0.6) is 0 Å². The van der Waals surface area contributed by atoms with Crippen LogP contribution in [0.1, 0.15) is 71.6 Å². The monoisotopic (exact) mass is 966 g/mol. The Morgan fingerprint density at radius 1 is 0.567 bits per heavy atom. The van der Waals surface area contributed by atoms with Crippen LogP contribution in [0.25, 0.3) is 0 Å². The molecule has 384 valence electrons. The summed E-state index contributed by atoms with van der Waals surface area (Å²) in [5.41, 5.74) is -2.33. The maximum Gasteiger partial charge on any atom is 0.314 e. The molecule has 8 fully saturated rings. The summed E-state index contributed by atoms with van der Waals surface area (Å²) in [5, 5.41) is 148. The molecule has 4 aliphatic heterocycles. The maximum absolute atomic E-state index is 14.3. The van der Waals surface area contributed by atoms with Crippen molar-refractivity contribution in [2.75, 3.05) is 26.4 Å². The lowest BCUT2D eigenvalue weighted by atomic mass is 9.41. The lowest BCUT2D eigenvalue weighted by Gasteiger charge is -2.64. The number of fused-ring (bicyclic) bond motifs is 3. The molecule has 0 aromatic heterocycles. The molecule has 1 spiro atoms. The van der Waals surface area contributed by atoms with E-state index < -0.39 is 177 Å². The summed E-state index contributed by atoms with van der Waals surface area (Å²) in [6.45, 7) is 5.41. The Kier molecular flexibility index (Phi) is 15.0. The van der Waals surface area contributed by atoms with Gasteiger partial charge in [0.1, 0.15) is 97.7 Å². The van der Waals surface area contributed by atoms with E-state index in [2.05, 4.69) is 13.5 Å². The van der Waals surface area contributed by atoms with Crippen LogP contribution in [0.15, 0.2) is 12.2 Å². The van der Waals surface area contributed by atoms with Crippen LogP contribution in [0.3, 0.4) is 0 Å². The first-order valence-electron chi connectivity index (χ1n) is 23.4. The fourth-order valence-corrected chi connectivity index (χ4v) is 13.5. The quantitative estimate of drug-likeness (QED) is 0.0494. The normalized spacial score (nSPS) is 54.5. The molecule has 4 heterocycles. The van der Waals surface area contributed by atoms with Gasteiger partial charge in [0.25, 0.3) is 0 Å². The molecule has 26 atom stereocenters. The van der Waals surface area contributed by atoms with Gasteiger partial charge in [-0.25, -0.2) is 0 Å². The van der Waals surface area contributed by atoms with E-state index in [0.29, 0.717) is 56.9 Å². The smallest absolute Gasteiger partial charge is 0.314 e. The van der Waals surface area contributed by atoms with Crippen molar-refractivity contribution in [3.05, 3.63) is 12.2 Å². The molecular formula is C44H70O23. The molecule has 0 aromatic rings. The third kappa shape index (κ3) is 8.63. The number of esters is 1. The zero-order chi connectivity index (χ0) is 48.7. The van der Waals surface area contributed by atoms with Gasteiger partial charge in [0.15, 0.2) is 18.9 Å². The molecule has 2 bridgehead atoms. The topological polar surface area (TPSA) is 374 Å². The van der Waals surface area contributed by atoms with E-state index in [0.717, 1.165) is 6.42 Å². The third-order valence-electron chi connectivity index (χ3n) is 17.1. The Bertz CT molecular complexity index is 1760. The van der Waals surface area contributed by atoms with Crippen molar-refractivity contribution in [2.24, 2.45) is 28.1 Å². The summed E-state index contributed by atoms with van der Waals surface area (Å²) in [5.74, 6) is -0.805. The molecule has 22 unspecified atom stereocenters. The summed E-state index contributed by atoms with van der Waals surface area (Å²) in [6, 6.07) is 0. The molecule has 8 rings (SSSR count). The number of aliphatic hydroxyl groups is 14. The third-order valence-corrected chi connectivity index (χ3v) is 17.1. The summed E-state index contributed by atoms with van der Waals surface area (Å²) >= 11 is 0. The molecule has 8 aliphatic rings. The number of hydrogen-bond donors (Lipinski definition) is 14. The van der Waals surface area contributed by atoms with Crippen LogP contribution in [0, 0.1) is 28.1 Å². The standard InChI is InChI=1S/C44H70O23/c1-17-11-43-9-5-22-41(2,7-4-8-42(22,3)40(59)66-38-33(58)30(55)26(51)20(14-47)62-38)23(43)6-10-44(17,16-43)67-39-35(65-37-32(57)29(54)25(50)19(13-46)61-37)34(27(52)21(15-48)63-39)64-36-31(56)28(53)24(49)18(12-45)60-36/h18-39,45-58H,1,4-16H2,2-3H3/t18?,19?,20?,21?,22?,23?,24?,25?,26?,27?,28?,29?,30?,31?,32?,33?,34?,35?,36?,37?,38?,39?,41-,42-,43-,44-/m1/s1. The van der Waals surface area contributed by atoms with Crippen molar-refractivity contribution < 1.29 is 114 Å². The van der Waals surface area contributed by atoms with Gasteiger partial charge >= 0.3 is 5.97 Å². The van der Waals surface area contributed by atoms with Crippen molar-refractivity contribution in [1.29, 1.82) is 0 Å². The van der Waals surface area contributed by atoms with Crippen LogP contribution < -0.4 is 0 Å². The molecule has 0 radical (unpaired) electrons. The predicted octanol–water partition coefficient (Wildman–Crippen LogP) is -5.11. The molecule has 23 heteroatoms. The van der Waals surface area contributed by atoms with Gasteiger partial charge in [-0.3, -0.25) is 4.79 Å². The molecule has 23 nitrogen and oxygen atoms in total. The summed E-state index contributed by atoms with van der Waals surface area (Å²) in [7, 11) is 0. The summed E-state index contributed by atoms with van der Waals surface area (Å²) in [6.07, 6.45) is -29.1. The minimum atomic E-state index is -1.95. The minimum Gasteiger partial charge on any atom is -0.432 e. The fourth-order valence-electron chi connectivity index (χ4n) is 13.5. The molecule has 14 N–H and O–H groups in total. The maximum atomic E-state index is 14.3. The van der Waals surface area contributed by atoms with Crippen LogP contribution in [0.4, 0.5) is 0 Å². The highest BCUT2D eigenvalue weighted by molar-refractivity contribution is 5.77. The van der Waals surface area contributed by atoms with Crippen LogP contribution in [-0.2, 0) is 42.7 Å². The first-order chi connectivity index (χ1) is 31.6. The largest absolute Gasteiger partial charge is 0.432 e. The fraction of sp³-hybridized carbons (Fsp3) is 0.932. The molecular weight excluding hydrogens is 896 g/mol. The average molecular weight is 967 g/mol. The minimum absolute atomic E-state index is 0.0251. The van der Waals surface area contributed by atoms with Crippen LogP contribution >= 0.6 is 0 Å². The summed E-state index contributed by atoms with van der Waals surface area (Å²) in [4.78, 5) is 14.3. The zero-order valence-electron chi connectivity index (χ0n) is 37.5. The van der Waals surface area contributed by atoms with Crippen molar-refractivity contribution in [3.63, 3.8) is 0 Å². The SMILES string of the molecule is C=C1C[C@@]23CCC4[C@@](C)(CCC[C@@]4(C)C(=O)OC4OC(CO)C(O)C(O)C4O)C2CC[C@@]1(OC1OC(CO)C(O)C(OC2OC(CO)C(O)C(O)C2O)C1OC1OC(CO)C(O)C(O)C1O)C3. The molecule has 0 aromatic carbocycles. The highest BCUT2D eigenvalue weighted by Crippen LogP contribution is 2.74. The van der Waals surface area contributed by atoms with Gasteiger partial charge in [0.2, 0.25) is 6.29 Å². The zero-order valence-corrected chi connectivity index (χ0v) is 37.5. The van der Waals surface area contributed by atoms with Gasteiger partial charge in [0.05, 0.1) is 37.4 Å². The van der Waals surface area contributed by atoms with E-state index in [-0.39, 0.29) is 11.8 Å². The second kappa shape index (κ2) is 19.4. The van der Waals surface area contributed by atoms with Crippen molar-refractivity contribution in [3.8, 4) is 0 Å². The number of carbonyl (C=O) groups excluding carboxylic acids is 1. The van der Waals surface area contributed by atoms with E-state index in [1.165, 1.54) is 0 Å². The molecule has 67 heavy (non-hydrogen) atoms. The van der Waals surface area contributed by atoms with Crippen LogP contribution in [-0.4, -0.2) is 232 Å². The average Bonchev–Trinajstić information content (AvgIpc) is 3.50. The highest BCUT2D eigenvalue weighted by Gasteiger charge is 2.70. The Balaban J connectivity index is 1.06. The van der Waals surface area contributed by atoms with Gasteiger partial charge in [-0.05, 0) is 86.5 Å². The molecule has 4 saturated carbocycles. The van der Waals surface area contributed by atoms with Crippen LogP contribution in [0.2, 0.25) is 0 Å². The Labute approximate surface area is 386 Å². The van der Waals surface area contributed by atoms with Gasteiger partial charge in [-0.1, -0.05) is 19.9 Å². The Morgan fingerprint density at radius 3 is 1.57 bits per heavy atom. The van der Waals surface area contributed by atoms with Gasteiger partial charge < -0.3 is 109 Å². The van der Waals surface area contributed by atoms with Crippen molar-refractivity contribution in [1.82, 2.24) is 0 Å². The van der Waals surface area contributed by atoms with Gasteiger partial charge in [0, 0.05) is 0 Å². The number of aliphatic hydroxyl groups excluding tert-OH is 14. The van der Waals surface area contributed by atoms with E-state index in [9.17, 15) is 76.3 Å². The first-order valence-corrected chi connectivity index (χ1v) is 23.4. The first kappa shape index (κ1) is 51.7. The summed E-state index contributed by atoms with van der Waals surface area (Å²) < 4.78 is 48.2. The Hall–Kier alpha value is -1.63. The van der Waals surface area contributed by atoms with Gasteiger partial charge in [-0.15, -0.1) is 0 Å². The van der Waals surface area contributed by atoms with Crippen molar-refractivity contribution >= 4 is 5.97 Å².